The van der Waals surface area contributed by atoms with Gasteiger partial charge in [-0.15, -0.1) is 10.2 Å². The van der Waals surface area contributed by atoms with Crippen LogP contribution >= 0.6 is 11.8 Å². The number of hydrogen-bond acceptors (Lipinski definition) is 5. The van der Waals surface area contributed by atoms with Crippen LogP contribution in [-0.2, 0) is 7.05 Å². The number of rotatable bonds is 4. The summed E-state index contributed by atoms with van der Waals surface area (Å²) >= 11 is 1.53. The molecular weight excluding hydrogens is 234 g/mol. The molecule has 0 saturated heterocycles. The number of hydrogen-bond donors (Lipinski definition) is 1. The molecule has 0 aromatic carbocycles. The van der Waals surface area contributed by atoms with Gasteiger partial charge in [-0.1, -0.05) is 6.92 Å². The first-order chi connectivity index (χ1) is 8.20. The molecule has 0 bridgehead atoms. The van der Waals surface area contributed by atoms with Gasteiger partial charge < -0.3 is 10.3 Å². The SMILES string of the molecule is CC[C@H](N)c1ccc(Sc2nncn2C)cn1. The Morgan fingerprint density at radius 2 is 2.29 bits per heavy atom. The van der Waals surface area contributed by atoms with Crippen LogP contribution in [0.15, 0.2) is 34.7 Å². The third-order valence-electron chi connectivity index (χ3n) is 2.46. The topological polar surface area (TPSA) is 69.6 Å². The van der Waals surface area contributed by atoms with Crippen LogP contribution in [0.25, 0.3) is 0 Å². The zero-order valence-electron chi connectivity index (χ0n) is 9.87. The van der Waals surface area contributed by atoms with Gasteiger partial charge in [-0.25, -0.2) is 0 Å². The zero-order valence-corrected chi connectivity index (χ0v) is 10.7. The zero-order chi connectivity index (χ0) is 12.3. The minimum absolute atomic E-state index is 0.0175. The highest BCUT2D eigenvalue weighted by Gasteiger charge is 2.07. The Morgan fingerprint density at radius 3 is 2.82 bits per heavy atom. The van der Waals surface area contributed by atoms with Crippen molar-refractivity contribution in [3.63, 3.8) is 0 Å². The van der Waals surface area contributed by atoms with Gasteiger partial charge in [0.1, 0.15) is 6.33 Å². The van der Waals surface area contributed by atoms with E-state index in [9.17, 15) is 0 Å². The summed E-state index contributed by atoms with van der Waals surface area (Å²) in [4.78, 5) is 5.39. The van der Waals surface area contributed by atoms with Crippen molar-refractivity contribution in [1.29, 1.82) is 0 Å². The summed E-state index contributed by atoms with van der Waals surface area (Å²) in [7, 11) is 1.91. The van der Waals surface area contributed by atoms with Crippen LogP contribution in [0.2, 0.25) is 0 Å². The summed E-state index contributed by atoms with van der Waals surface area (Å²) in [5.74, 6) is 0. The summed E-state index contributed by atoms with van der Waals surface area (Å²) in [6.07, 6.45) is 4.39. The van der Waals surface area contributed by atoms with Gasteiger partial charge in [0.05, 0.1) is 5.69 Å². The second-order valence-electron chi connectivity index (χ2n) is 3.76. The van der Waals surface area contributed by atoms with E-state index in [1.54, 1.807) is 6.33 Å². The Labute approximate surface area is 104 Å². The summed E-state index contributed by atoms with van der Waals surface area (Å²) in [6.45, 7) is 2.05. The van der Waals surface area contributed by atoms with Gasteiger partial charge >= 0.3 is 0 Å². The fourth-order valence-corrected chi connectivity index (χ4v) is 2.08. The Balaban J connectivity index is 2.11. The van der Waals surface area contributed by atoms with Gasteiger partial charge in [-0.05, 0) is 30.3 Å². The first-order valence-electron chi connectivity index (χ1n) is 5.44. The maximum atomic E-state index is 5.91. The number of nitrogens with zero attached hydrogens (tertiary/aromatic N) is 4. The van der Waals surface area contributed by atoms with Crippen molar-refractivity contribution >= 4 is 11.8 Å². The fraction of sp³-hybridized carbons (Fsp3) is 0.364. The minimum Gasteiger partial charge on any atom is -0.323 e. The summed E-state index contributed by atoms with van der Waals surface area (Å²) in [6, 6.07) is 3.99. The lowest BCUT2D eigenvalue weighted by molar-refractivity contribution is 0.674. The van der Waals surface area contributed by atoms with Crippen molar-refractivity contribution in [3.05, 3.63) is 30.4 Å². The van der Waals surface area contributed by atoms with E-state index in [2.05, 4.69) is 22.1 Å². The van der Waals surface area contributed by atoms with Gasteiger partial charge in [-0.3, -0.25) is 4.98 Å². The lowest BCUT2D eigenvalue weighted by atomic mass is 10.1. The normalized spacial score (nSPS) is 12.6. The number of aromatic nitrogens is 4. The van der Waals surface area contributed by atoms with E-state index in [-0.39, 0.29) is 6.04 Å². The van der Waals surface area contributed by atoms with E-state index >= 15 is 0 Å². The molecule has 2 heterocycles. The molecule has 0 aliphatic heterocycles. The number of pyridine rings is 1. The fourth-order valence-electron chi connectivity index (χ4n) is 1.35. The largest absolute Gasteiger partial charge is 0.323 e. The molecule has 0 spiro atoms. The highest BCUT2D eigenvalue weighted by atomic mass is 32.2. The molecule has 17 heavy (non-hydrogen) atoms. The highest BCUT2D eigenvalue weighted by molar-refractivity contribution is 7.99. The molecule has 90 valence electrons. The maximum Gasteiger partial charge on any atom is 0.195 e. The molecule has 0 amide bonds. The molecule has 0 unspecified atom stereocenters. The molecule has 2 rings (SSSR count). The standard InChI is InChI=1S/C11H15N5S/c1-3-9(12)10-5-4-8(6-13-10)17-11-15-14-7-16(11)2/h4-7,9H,3,12H2,1-2H3/t9-/m0/s1. The van der Waals surface area contributed by atoms with Crippen LogP contribution in [0.3, 0.4) is 0 Å². The Bertz CT molecular complexity index is 479. The van der Waals surface area contributed by atoms with Crippen molar-refractivity contribution in [2.75, 3.05) is 0 Å². The smallest absolute Gasteiger partial charge is 0.195 e. The lowest BCUT2D eigenvalue weighted by Gasteiger charge is -2.08. The van der Waals surface area contributed by atoms with Crippen molar-refractivity contribution in [1.82, 2.24) is 19.7 Å². The summed E-state index contributed by atoms with van der Waals surface area (Å²) in [5.41, 5.74) is 6.83. The Kier molecular flexibility index (Phi) is 3.75. The monoisotopic (exact) mass is 249 g/mol. The van der Waals surface area contributed by atoms with Crippen molar-refractivity contribution in [2.24, 2.45) is 12.8 Å². The van der Waals surface area contributed by atoms with Crippen molar-refractivity contribution in [2.45, 2.75) is 29.4 Å². The number of aryl methyl sites for hydroxylation is 1. The maximum absolute atomic E-state index is 5.91. The summed E-state index contributed by atoms with van der Waals surface area (Å²) < 4.78 is 1.87. The first-order valence-corrected chi connectivity index (χ1v) is 6.25. The van der Waals surface area contributed by atoms with E-state index in [0.717, 1.165) is 22.2 Å². The highest BCUT2D eigenvalue weighted by Crippen LogP contribution is 2.25. The van der Waals surface area contributed by atoms with Crippen molar-refractivity contribution < 1.29 is 0 Å². The van der Waals surface area contributed by atoms with Crippen LogP contribution in [-0.4, -0.2) is 19.7 Å². The van der Waals surface area contributed by atoms with Crippen LogP contribution < -0.4 is 5.73 Å². The average molecular weight is 249 g/mol. The van der Waals surface area contributed by atoms with Crippen LogP contribution in [0, 0.1) is 0 Å². The first kappa shape index (κ1) is 12.1. The molecular formula is C11H15N5S. The number of nitrogens with two attached hydrogens (primary N) is 1. The van der Waals surface area contributed by atoms with Gasteiger partial charge in [0.25, 0.3) is 0 Å². The third kappa shape index (κ3) is 2.83. The van der Waals surface area contributed by atoms with Crippen LogP contribution in [0.4, 0.5) is 0 Å². The molecule has 1 atom stereocenters. The lowest BCUT2D eigenvalue weighted by Crippen LogP contribution is -2.10. The van der Waals surface area contributed by atoms with Crippen LogP contribution in [0.5, 0.6) is 0 Å². The van der Waals surface area contributed by atoms with E-state index in [1.807, 2.05) is 29.9 Å². The molecule has 2 aromatic heterocycles. The molecule has 6 heteroatoms. The molecule has 0 aliphatic rings. The molecule has 0 aliphatic carbocycles. The second-order valence-corrected chi connectivity index (χ2v) is 4.80. The minimum atomic E-state index is 0.0175. The predicted octanol–water partition coefficient (Wildman–Crippen LogP) is 1.77. The molecule has 2 N–H and O–H groups in total. The Morgan fingerprint density at radius 1 is 1.47 bits per heavy atom. The second kappa shape index (κ2) is 5.29. The molecule has 0 fully saturated rings. The van der Waals surface area contributed by atoms with E-state index in [0.29, 0.717) is 0 Å². The van der Waals surface area contributed by atoms with Gasteiger partial charge in [0.2, 0.25) is 0 Å². The predicted molar refractivity (Wildman–Crippen MR) is 66.6 cm³/mol. The van der Waals surface area contributed by atoms with Gasteiger partial charge in [0.15, 0.2) is 5.16 Å². The van der Waals surface area contributed by atoms with E-state index in [1.165, 1.54) is 11.8 Å². The Hall–Kier alpha value is -1.40. The van der Waals surface area contributed by atoms with Gasteiger partial charge in [-0.2, -0.15) is 0 Å². The molecule has 2 aromatic rings. The average Bonchev–Trinajstić information content (AvgIpc) is 2.75. The van der Waals surface area contributed by atoms with Crippen LogP contribution in [0.1, 0.15) is 25.1 Å². The summed E-state index contributed by atoms with van der Waals surface area (Å²) in [5, 5.41) is 8.68. The van der Waals surface area contributed by atoms with Crippen molar-refractivity contribution in [3.8, 4) is 0 Å². The van der Waals surface area contributed by atoms with Gasteiger partial charge in [0, 0.05) is 24.2 Å². The quantitative estimate of drug-likeness (QED) is 0.894. The third-order valence-corrected chi connectivity index (χ3v) is 3.49. The van der Waals surface area contributed by atoms with E-state index in [4.69, 9.17) is 5.73 Å². The molecule has 5 nitrogen and oxygen atoms in total. The van der Waals surface area contributed by atoms with E-state index < -0.39 is 0 Å². The molecule has 0 saturated carbocycles. The molecule has 0 radical (unpaired) electrons.